The number of furan rings is 1. The first-order valence-electron chi connectivity index (χ1n) is 10.5. The minimum absolute atomic E-state index is 0.133. The first-order chi connectivity index (χ1) is 16.5. The maximum Gasteiger partial charge on any atom is 0.342 e. The molecule has 2 aromatic carbocycles. The summed E-state index contributed by atoms with van der Waals surface area (Å²) in [6, 6.07) is 17.2. The van der Waals surface area contributed by atoms with Gasteiger partial charge in [0.15, 0.2) is 0 Å². The van der Waals surface area contributed by atoms with Gasteiger partial charge in [0, 0.05) is 0 Å². The molecule has 0 fully saturated rings. The Morgan fingerprint density at radius 1 is 1.06 bits per heavy atom. The number of methoxy groups -OCH3 is 1. The number of para-hydroxylation sites is 2. The van der Waals surface area contributed by atoms with E-state index in [0.717, 1.165) is 15.9 Å². The summed E-state index contributed by atoms with van der Waals surface area (Å²) in [7, 11) is 1.30. The van der Waals surface area contributed by atoms with Gasteiger partial charge < -0.3 is 9.15 Å². The van der Waals surface area contributed by atoms with E-state index in [1.807, 2.05) is 61.5 Å². The summed E-state index contributed by atoms with van der Waals surface area (Å²) in [5, 5.41) is 7.73. The number of hydrogen-bond donors (Lipinski definition) is 1. The molecule has 0 spiro atoms. The van der Waals surface area contributed by atoms with Crippen LogP contribution in [0.25, 0.3) is 26.5 Å². The van der Waals surface area contributed by atoms with Gasteiger partial charge in [0.05, 0.1) is 46.0 Å². The summed E-state index contributed by atoms with van der Waals surface area (Å²) in [6.07, 6.45) is 1.51. The van der Waals surface area contributed by atoms with E-state index in [-0.39, 0.29) is 11.4 Å². The molecule has 9 heteroatoms. The summed E-state index contributed by atoms with van der Waals surface area (Å²) in [4.78, 5) is 30.5. The Balaban J connectivity index is 1.56. The van der Waals surface area contributed by atoms with Crippen molar-refractivity contribution in [1.29, 1.82) is 0 Å². The Morgan fingerprint density at radius 3 is 2.53 bits per heavy atom. The molecule has 0 aliphatic rings. The van der Waals surface area contributed by atoms with Gasteiger partial charge in [0.2, 0.25) is 5.88 Å². The molecule has 5 aromatic rings. The molecule has 170 valence electrons. The quantitative estimate of drug-likeness (QED) is 0.344. The van der Waals surface area contributed by atoms with Crippen LogP contribution in [-0.2, 0) is 4.74 Å². The number of aryl methyl sites for hydroxylation is 1. The standard InChI is InChI=1S/C25H20N4O4S/c1-14-17(13-26-29(14)16-9-5-4-6-10-16)22(30)28-23-21(20(15(2)33-23)25(31)32-3)24-27-18-11-7-8-12-19(18)34-24/h4-13H,1-3H3,(H,28,30). The normalized spacial score (nSPS) is 11.0. The van der Waals surface area contributed by atoms with Crippen molar-refractivity contribution >= 4 is 39.3 Å². The molecule has 0 bridgehead atoms. The molecule has 0 saturated heterocycles. The van der Waals surface area contributed by atoms with Crippen molar-refractivity contribution in [2.45, 2.75) is 13.8 Å². The molecule has 3 heterocycles. The van der Waals surface area contributed by atoms with Crippen LogP contribution in [0.15, 0.2) is 65.2 Å². The van der Waals surface area contributed by atoms with Crippen LogP contribution in [0.3, 0.4) is 0 Å². The second-order valence-electron chi connectivity index (χ2n) is 7.56. The number of aromatic nitrogens is 3. The Kier molecular flexibility index (Phi) is 5.46. The van der Waals surface area contributed by atoms with Gasteiger partial charge in [-0.05, 0) is 38.1 Å². The van der Waals surface area contributed by atoms with Gasteiger partial charge in [-0.3, -0.25) is 10.1 Å². The molecule has 3 aromatic heterocycles. The smallest absolute Gasteiger partial charge is 0.342 e. The second-order valence-corrected chi connectivity index (χ2v) is 8.59. The second kappa shape index (κ2) is 8.60. The number of nitrogens with zero attached hydrogens (tertiary/aromatic N) is 3. The molecule has 0 atom stereocenters. The molecule has 0 saturated carbocycles. The summed E-state index contributed by atoms with van der Waals surface area (Å²) in [5.74, 6) is -0.516. The third-order valence-corrected chi connectivity index (χ3v) is 6.52. The van der Waals surface area contributed by atoms with Gasteiger partial charge in [0.25, 0.3) is 5.91 Å². The summed E-state index contributed by atoms with van der Waals surface area (Å²) in [5.41, 5.74) is 3.31. The minimum atomic E-state index is -0.566. The van der Waals surface area contributed by atoms with E-state index in [0.29, 0.717) is 27.6 Å². The Labute approximate surface area is 198 Å². The number of carbonyl (C=O) groups is 2. The zero-order valence-corrected chi connectivity index (χ0v) is 19.5. The number of hydrogen-bond acceptors (Lipinski definition) is 7. The highest BCUT2D eigenvalue weighted by atomic mass is 32.1. The van der Waals surface area contributed by atoms with Crippen molar-refractivity contribution in [3.8, 4) is 16.3 Å². The average molecular weight is 473 g/mol. The van der Waals surface area contributed by atoms with Gasteiger partial charge in [-0.2, -0.15) is 5.10 Å². The first-order valence-corrected chi connectivity index (χ1v) is 11.3. The summed E-state index contributed by atoms with van der Waals surface area (Å²) >= 11 is 1.40. The zero-order valence-electron chi connectivity index (χ0n) is 18.7. The minimum Gasteiger partial charge on any atom is -0.465 e. The molecule has 0 aliphatic heterocycles. The van der Waals surface area contributed by atoms with Crippen LogP contribution in [0.5, 0.6) is 0 Å². The molecule has 1 N–H and O–H groups in total. The molecule has 0 radical (unpaired) electrons. The number of anilines is 1. The number of rotatable bonds is 5. The molecular weight excluding hydrogens is 452 g/mol. The zero-order chi connectivity index (χ0) is 23.8. The van der Waals surface area contributed by atoms with Crippen molar-refractivity contribution in [2.75, 3.05) is 12.4 Å². The SMILES string of the molecule is COC(=O)c1c(C)oc(NC(=O)c2cnn(-c3ccccc3)c2C)c1-c1nc2ccccc2s1. The number of nitrogens with one attached hydrogen (secondary N) is 1. The fraction of sp³-hybridized carbons (Fsp3) is 0.120. The van der Waals surface area contributed by atoms with Crippen molar-refractivity contribution in [3.63, 3.8) is 0 Å². The van der Waals surface area contributed by atoms with E-state index in [1.54, 1.807) is 11.6 Å². The van der Waals surface area contributed by atoms with Crippen LogP contribution in [-0.4, -0.2) is 33.8 Å². The van der Waals surface area contributed by atoms with Gasteiger partial charge in [-0.25, -0.2) is 14.5 Å². The van der Waals surface area contributed by atoms with Crippen LogP contribution in [0.2, 0.25) is 0 Å². The molecule has 8 nitrogen and oxygen atoms in total. The monoisotopic (exact) mass is 472 g/mol. The number of fused-ring (bicyclic) bond motifs is 1. The van der Waals surface area contributed by atoms with Crippen molar-refractivity contribution in [3.05, 3.63) is 83.4 Å². The van der Waals surface area contributed by atoms with E-state index >= 15 is 0 Å². The molecule has 0 unspecified atom stereocenters. The lowest BCUT2D eigenvalue weighted by Gasteiger charge is -2.06. The van der Waals surface area contributed by atoms with Gasteiger partial charge in [-0.1, -0.05) is 30.3 Å². The van der Waals surface area contributed by atoms with Crippen molar-refractivity contribution in [2.24, 2.45) is 0 Å². The van der Waals surface area contributed by atoms with E-state index < -0.39 is 11.9 Å². The highest BCUT2D eigenvalue weighted by molar-refractivity contribution is 7.21. The fourth-order valence-electron chi connectivity index (χ4n) is 3.80. The lowest BCUT2D eigenvalue weighted by Crippen LogP contribution is -2.13. The third-order valence-electron chi connectivity index (χ3n) is 5.46. The topological polar surface area (TPSA) is 99.2 Å². The maximum atomic E-state index is 13.2. The van der Waals surface area contributed by atoms with Crippen LogP contribution < -0.4 is 5.32 Å². The van der Waals surface area contributed by atoms with Gasteiger partial charge in [-0.15, -0.1) is 11.3 Å². The highest BCUT2D eigenvalue weighted by Gasteiger charge is 2.29. The molecule has 1 amide bonds. The molecular formula is C25H20N4O4S. The number of carbonyl (C=O) groups excluding carboxylic acids is 2. The van der Waals surface area contributed by atoms with E-state index in [9.17, 15) is 9.59 Å². The van der Waals surface area contributed by atoms with E-state index in [2.05, 4.69) is 15.4 Å². The third kappa shape index (κ3) is 3.65. The Hall–Kier alpha value is -4.24. The molecule has 34 heavy (non-hydrogen) atoms. The van der Waals surface area contributed by atoms with Gasteiger partial charge in [0.1, 0.15) is 16.3 Å². The average Bonchev–Trinajstić information content (AvgIpc) is 3.53. The predicted molar refractivity (Wildman–Crippen MR) is 130 cm³/mol. The first kappa shape index (κ1) is 21.6. The van der Waals surface area contributed by atoms with Crippen LogP contribution >= 0.6 is 11.3 Å². The predicted octanol–water partition coefficient (Wildman–Crippen LogP) is 5.40. The highest BCUT2D eigenvalue weighted by Crippen LogP contribution is 2.40. The Morgan fingerprint density at radius 2 is 1.79 bits per heavy atom. The Bertz CT molecular complexity index is 1500. The van der Waals surface area contributed by atoms with Crippen molar-refractivity contribution in [1.82, 2.24) is 14.8 Å². The number of ether oxygens (including phenoxy) is 1. The van der Waals surface area contributed by atoms with E-state index in [4.69, 9.17) is 9.15 Å². The largest absolute Gasteiger partial charge is 0.465 e. The molecule has 0 aliphatic carbocycles. The number of amides is 1. The maximum absolute atomic E-state index is 13.2. The number of thiazole rings is 1. The summed E-state index contributed by atoms with van der Waals surface area (Å²) in [6.45, 7) is 3.47. The lowest BCUT2D eigenvalue weighted by atomic mass is 10.1. The van der Waals surface area contributed by atoms with Crippen molar-refractivity contribution < 1.29 is 18.7 Å². The molecule has 5 rings (SSSR count). The number of benzene rings is 2. The van der Waals surface area contributed by atoms with E-state index in [1.165, 1.54) is 24.6 Å². The van der Waals surface area contributed by atoms with Gasteiger partial charge >= 0.3 is 5.97 Å². The lowest BCUT2D eigenvalue weighted by molar-refractivity contribution is 0.0599. The number of esters is 1. The van der Waals surface area contributed by atoms with Crippen LogP contribution in [0, 0.1) is 13.8 Å². The van der Waals surface area contributed by atoms with Crippen LogP contribution in [0.1, 0.15) is 32.2 Å². The van der Waals surface area contributed by atoms with Crippen LogP contribution in [0.4, 0.5) is 5.88 Å². The fourth-order valence-corrected chi connectivity index (χ4v) is 4.81. The summed E-state index contributed by atoms with van der Waals surface area (Å²) < 4.78 is 13.5.